The molecule has 0 radical (unpaired) electrons. The average molecular weight is 363 g/mol. The number of hydrogen-bond acceptors (Lipinski definition) is 4. The van der Waals surface area contributed by atoms with Crippen LogP contribution in [0.4, 0.5) is 0 Å². The lowest BCUT2D eigenvalue weighted by Gasteiger charge is -2.21. The largest absolute Gasteiger partial charge is 0.311 e. The van der Waals surface area contributed by atoms with Crippen LogP contribution in [0.2, 0.25) is 0 Å². The Morgan fingerprint density at radius 2 is 2.20 bits per heavy atom. The van der Waals surface area contributed by atoms with Crippen molar-refractivity contribution in [1.82, 2.24) is 20.0 Å². The SMILES string of the molecule is CCC(C)SCC(NC)c1c(Br)cnn1CCN(C)C. The molecule has 0 aliphatic carbocycles. The van der Waals surface area contributed by atoms with Gasteiger partial charge in [0.2, 0.25) is 0 Å². The molecule has 1 aromatic heterocycles. The summed E-state index contributed by atoms with van der Waals surface area (Å²) in [7, 11) is 6.21. The topological polar surface area (TPSA) is 33.1 Å². The molecule has 4 nitrogen and oxygen atoms in total. The Kier molecular flexibility index (Phi) is 8.17. The quantitative estimate of drug-likeness (QED) is 0.731. The smallest absolute Gasteiger partial charge is 0.0704 e. The predicted molar refractivity (Wildman–Crippen MR) is 92.5 cm³/mol. The van der Waals surface area contributed by atoms with Crippen LogP contribution in [0.5, 0.6) is 0 Å². The molecule has 0 fully saturated rings. The van der Waals surface area contributed by atoms with E-state index in [1.165, 1.54) is 12.1 Å². The number of thioether (sulfide) groups is 1. The van der Waals surface area contributed by atoms with E-state index in [9.17, 15) is 0 Å². The summed E-state index contributed by atoms with van der Waals surface area (Å²) in [6, 6.07) is 0.327. The second-order valence-electron chi connectivity index (χ2n) is 5.30. The zero-order valence-corrected chi connectivity index (χ0v) is 15.6. The van der Waals surface area contributed by atoms with Crippen molar-refractivity contribution in [2.45, 2.75) is 38.1 Å². The van der Waals surface area contributed by atoms with Gasteiger partial charge in [-0.2, -0.15) is 16.9 Å². The standard InChI is InChI=1S/C14H27BrN4S/c1-6-11(2)20-10-13(16-3)14-12(15)9-17-19(14)8-7-18(4)5/h9,11,13,16H,6-8,10H2,1-5H3. The maximum absolute atomic E-state index is 4.50. The first-order valence-electron chi connectivity index (χ1n) is 7.14. The van der Waals surface area contributed by atoms with E-state index in [4.69, 9.17) is 0 Å². The Hall–Kier alpha value is -0.0400. The number of halogens is 1. The molecular formula is C14H27BrN4S. The van der Waals surface area contributed by atoms with E-state index in [0.29, 0.717) is 11.3 Å². The minimum Gasteiger partial charge on any atom is -0.311 e. The van der Waals surface area contributed by atoms with Gasteiger partial charge in [0, 0.05) is 17.5 Å². The van der Waals surface area contributed by atoms with Crippen molar-refractivity contribution in [3.05, 3.63) is 16.4 Å². The Morgan fingerprint density at radius 3 is 2.75 bits per heavy atom. The van der Waals surface area contributed by atoms with Crippen molar-refractivity contribution < 1.29 is 0 Å². The van der Waals surface area contributed by atoms with Crippen molar-refractivity contribution in [1.29, 1.82) is 0 Å². The number of rotatable bonds is 9. The lowest BCUT2D eigenvalue weighted by molar-refractivity contribution is 0.365. The molecule has 2 atom stereocenters. The molecule has 0 saturated carbocycles. The van der Waals surface area contributed by atoms with E-state index in [-0.39, 0.29) is 0 Å². The zero-order valence-electron chi connectivity index (χ0n) is 13.2. The van der Waals surface area contributed by atoms with Crippen molar-refractivity contribution in [2.24, 2.45) is 0 Å². The monoisotopic (exact) mass is 362 g/mol. The van der Waals surface area contributed by atoms with E-state index in [0.717, 1.165) is 23.3 Å². The molecule has 0 bridgehead atoms. The first-order chi connectivity index (χ1) is 9.49. The van der Waals surface area contributed by atoms with Crippen molar-refractivity contribution in [3.63, 3.8) is 0 Å². The number of hydrogen-bond donors (Lipinski definition) is 1. The van der Waals surface area contributed by atoms with Crippen LogP contribution >= 0.6 is 27.7 Å². The molecular weight excluding hydrogens is 336 g/mol. The molecule has 6 heteroatoms. The fourth-order valence-electron chi connectivity index (χ4n) is 1.87. The third kappa shape index (κ3) is 5.39. The number of nitrogens with zero attached hydrogens (tertiary/aromatic N) is 3. The molecule has 1 rings (SSSR count). The summed E-state index contributed by atoms with van der Waals surface area (Å²) in [5, 5.41) is 8.62. The van der Waals surface area contributed by atoms with Crippen LogP contribution in [-0.4, -0.2) is 53.4 Å². The van der Waals surface area contributed by atoms with E-state index in [1.807, 2.05) is 25.0 Å². The van der Waals surface area contributed by atoms with Crippen LogP contribution in [0.25, 0.3) is 0 Å². The summed E-state index contributed by atoms with van der Waals surface area (Å²) in [5.41, 5.74) is 1.25. The van der Waals surface area contributed by atoms with Crippen LogP contribution in [0.1, 0.15) is 32.0 Å². The molecule has 1 N–H and O–H groups in total. The first kappa shape index (κ1) is 18.0. The van der Waals surface area contributed by atoms with Gasteiger partial charge in [0.05, 0.1) is 29.0 Å². The summed E-state index contributed by atoms with van der Waals surface area (Å²) in [4.78, 5) is 2.18. The van der Waals surface area contributed by atoms with Crippen LogP contribution in [0, 0.1) is 0 Å². The van der Waals surface area contributed by atoms with Gasteiger partial charge in [0.1, 0.15) is 0 Å². The minimum atomic E-state index is 0.327. The Morgan fingerprint density at radius 1 is 1.50 bits per heavy atom. The molecule has 2 unspecified atom stereocenters. The minimum absolute atomic E-state index is 0.327. The normalized spacial score (nSPS) is 14.8. The molecule has 0 aliphatic heterocycles. The molecule has 0 amide bonds. The van der Waals surface area contributed by atoms with E-state index in [2.05, 4.69) is 63.9 Å². The van der Waals surface area contributed by atoms with Crippen molar-refractivity contribution in [3.8, 4) is 0 Å². The lowest BCUT2D eigenvalue weighted by Crippen LogP contribution is -2.26. The van der Waals surface area contributed by atoms with Gasteiger partial charge >= 0.3 is 0 Å². The summed E-state index contributed by atoms with van der Waals surface area (Å²) < 4.78 is 3.21. The number of likely N-dealkylation sites (N-methyl/N-ethyl adjacent to an activating group) is 1. The van der Waals surface area contributed by atoms with Crippen LogP contribution in [-0.2, 0) is 6.54 Å². The number of aromatic nitrogens is 2. The summed E-state index contributed by atoms with van der Waals surface area (Å²) in [6.07, 6.45) is 3.12. The molecule has 0 aromatic carbocycles. The molecule has 20 heavy (non-hydrogen) atoms. The summed E-state index contributed by atoms with van der Waals surface area (Å²) in [5.74, 6) is 1.07. The fraction of sp³-hybridized carbons (Fsp3) is 0.786. The molecule has 116 valence electrons. The van der Waals surface area contributed by atoms with Gasteiger partial charge in [0.25, 0.3) is 0 Å². The van der Waals surface area contributed by atoms with E-state index < -0.39 is 0 Å². The highest BCUT2D eigenvalue weighted by molar-refractivity contribution is 9.10. The van der Waals surface area contributed by atoms with Gasteiger partial charge < -0.3 is 10.2 Å². The Bertz CT molecular complexity index is 395. The van der Waals surface area contributed by atoms with Gasteiger partial charge in [-0.3, -0.25) is 4.68 Å². The van der Waals surface area contributed by atoms with Crippen LogP contribution in [0.15, 0.2) is 10.7 Å². The Labute approximate surface area is 135 Å². The van der Waals surface area contributed by atoms with Gasteiger partial charge in [-0.15, -0.1) is 0 Å². The second-order valence-corrected chi connectivity index (χ2v) is 7.62. The average Bonchev–Trinajstić information content (AvgIpc) is 2.78. The molecule has 0 spiro atoms. The Balaban J connectivity index is 2.77. The first-order valence-corrected chi connectivity index (χ1v) is 8.98. The van der Waals surface area contributed by atoms with Gasteiger partial charge in [-0.1, -0.05) is 13.8 Å². The van der Waals surface area contributed by atoms with Crippen LogP contribution < -0.4 is 5.32 Å². The third-order valence-corrected chi connectivity index (χ3v) is 5.43. The van der Waals surface area contributed by atoms with Gasteiger partial charge in [0.15, 0.2) is 0 Å². The second kappa shape index (κ2) is 9.07. The summed E-state index contributed by atoms with van der Waals surface area (Å²) >= 11 is 5.66. The number of nitrogens with one attached hydrogen (secondary N) is 1. The maximum atomic E-state index is 4.50. The highest BCUT2D eigenvalue weighted by atomic mass is 79.9. The maximum Gasteiger partial charge on any atom is 0.0704 e. The third-order valence-electron chi connectivity index (χ3n) is 3.39. The van der Waals surface area contributed by atoms with Gasteiger partial charge in [-0.05, 0) is 43.5 Å². The van der Waals surface area contributed by atoms with Crippen molar-refractivity contribution in [2.75, 3.05) is 33.4 Å². The highest BCUT2D eigenvalue weighted by Crippen LogP contribution is 2.27. The van der Waals surface area contributed by atoms with Crippen LogP contribution in [0.3, 0.4) is 0 Å². The lowest BCUT2D eigenvalue weighted by atomic mass is 10.2. The zero-order chi connectivity index (χ0) is 15.1. The fourth-order valence-corrected chi connectivity index (χ4v) is 3.52. The molecule has 1 aromatic rings. The molecule has 1 heterocycles. The summed E-state index contributed by atoms with van der Waals surface area (Å²) in [6.45, 7) is 6.44. The molecule has 0 saturated heterocycles. The predicted octanol–water partition coefficient (Wildman–Crippen LogP) is 3.00. The molecule has 0 aliphatic rings. The van der Waals surface area contributed by atoms with E-state index in [1.54, 1.807) is 0 Å². The highest BCUT2D eigenvalue weighted by Gasteiger charge is 2.19. The van der Waals surface area contributed by atoms with E-state index >= 15 is 0 Å². The van der Waals surface area contributed by atoms with Crippen molar-refractivity contribution >= 4 is 27.7 Å². The van der Waals surface area contributed by atoms with Gasteiger partial charge in [-0.25, -0.2) is 0 Å².